The predicted molar refractivity (Wildman–Crippen MR) is 129 cm³/mol. The molecule has 7 nitrogen and oxygen atoms in total. The second-order valence-corrected chi connectivity index (χ2v) is 10.5. The van der Waals surface area contributed by atoms with Gasteiger partial charge in [0, 0.05) is 36.5 Å². The van der Waals surface area contributed by atoms with Gasteiger partial charge in [0.1, 0.15) is 11.4 Å². The lowest BCUT2D eigenvalue weighted by Gasteiger charge is -2.37. The molecule has 1 aromatic carbocycles. The molecule has 6 rings (SSSR count). The van der Waals surface area contributed by atoms with E-state index < -0.39 is 11.4 Å². The molecule has 5 heterocycles. The van der Waals surface area contributed by atoms with E-state index in [1.165, 1.54) is 16.7 Å². The van der Waals surface area contributed by atoms with Crippen LogP contribution in [0.5, 0.6) is 5.75 Å². The van der Waals surface area contributed by atoms with Gasteiger partial charge in [-0.25, -0.2) is 4.39 Å². The third kappa shape index (κ3) is 3.90. The number of thioether (sulfide) groups is 1. The molecule has 0 spiro atoms. The number of likely N-dealkylation sites (tertiary alicyclic amines) is 1. The predicted octanol–water partition coefficient (Wildman–Crippen LogP) is 2.48. The summed E-state index contributed by atoms with van der Waals surface area (Å²) < 4.78 is 22.0. The lowest BCUT2D eigenvalue weighted by Crippen LogP contribution is -2.48. The number of aliphatic hydroxyl groups is 1. The summed E-state index contributed by atoms with van der Waals surface area (Å²) in [5, 5.41) is 15.9. The standard InChI is InChI=1S/C25H27FN4O3S/c26-19-3-1-16-2-4-22(31)30-15-25(32,23(19)24(16)30)14-29-7-5-17(6-8-29)27-12-18-11-21-20(13-28-18)33-9-10-34-21/h1-4,11,13,17,27,32H,5-10,12,14-15H2. The molecule has 1 unspecified atom stereocenters. The van der Waals surface area contributed by atoms with Gasteiger partial charge in [0.2, 0.25) is 0 Å². The SMILES string of the molecule is O=c1ccc2ccc(F)c3c2n1CC3(O)CN1CCC(NCc2cc3c(cn2)OCCS3)CC1. The van der Waals surface area contributed by atoms with Crippen LogP contribution in [-0.2, 0) is 18.7 Å². The fourth-order valence-electron chi connectivity index (χ4n) is 5.44. The third-order valence-electron chi connectivity index (χ3n) is 7.12. The summed E-state index contributed by atoms with van der Waals surface area (Å²) in [6, 6.07) is 8.69. The molecule has 34 heavy (non-hydrogen) atoms. The summed E-state index contributed by atoms with van der Waals surface area (Å²) in [7, 11) is 0. The number of halogens is 1. The van der Waals surface area contributed by atoms with Crippen LogP contribution in [0.15, 0.2) is 46.2 Å². The Balaban J connectivity index is 1.09. The maximum Gasteiger partial charge on any atom is 0.251 e. The molecule has 0 amide bonds. The molecule has 3 aliphatic heterocycles. The molecule has 1 saturated heterocycles. The topological polar surface area (TPSA) is 79.6 Å². The Morgan fingerprint density at radius 2 is 2.09 bits per heavy atom. The fourth-order valence-corrected chi connectivity index (χ4v) is 6.30. The smallest absolute Gasteiger partial charge is 0.251 e. The summed E-state index contributed by atoms with van der Waals surface area (Å²) in [6.07, 6.45) is 3.67. The summed E-state index contributed by atoms with van der Waals surface area (Å²) in [5.41, 5.74) is 0.158. The Morgan fingerprint density at radius 3 is 2.94 bits per heavy atom. The first-order valence-electron chi connectivity index (χ1n) is 11.8. The molecule has 2 N–H and O–H groups in total. The van der Waals surface area contributed by atoms with Crippen LogP contribution in [0.25, 0.3) is 10.9 Å². The van der Waals surface area contributed by atoms with Crippen molar-refractivity contribution in [3.8, 4) is 5.75 Å². The van der Waals surface area contributed by atoms with Crippen molar-refractivity contribution < 1.29 is 14.2 Å². The summed E-state index contributed by atoms with van der Waals surface area (Å²) in [5.74, 6) is 1.38. The zero-order valence-electron chi connectivity index (χ0n) is 18.8. The van der Waals surface area contributed by atoms with E-state index in [1.54, 1.807) is 23.9 Å². The largest absolute Gasteiger partial charge is 0.490 e. The zero-order chi connectivity index (χ0) is 23.3. The van der Waals surface area contributed by atoms with Crippen LogP contribution in [0.2, 0.25) is 0 Å². The first-order valence-corrected chi connectivity index (χ1v) is 12.7. The normalized spacial score (nSPS) is 22.6. The monoisotopic (exact) mass is 482 g/mol. The van der Waals surface area contributed by atoms with Crippen molar-refractivity contribution in [1.29, 1.82) is 0 Å². The minimum atomic E-state index is -1.41. The molecule has 0 bridgehead atoms. The molecule has 1 atom stereocenters. The highest BCUT2D eigenvalue weighted by atomic mass is 32.2. The van der Waals surface area contributed by atoms with Crippen molar-refractivity contribution in [3.63, 3.8) is 0 Å². The summed E-state index contributed by atoms with van der Waals surface area (Å²) in [6.45, 7) is 3.42. The maximum atomic E-state index is 14.8. The van der Waals surface area contributed by atoms with Gasteiger partial charge in [-0.1, -0.05) is 0 Å². The van der Waals surface area contributed by atoms with E-state index in [4.69, 9.17) is 4.74 Å². The van der Waals surface area contributed by atoms with Crippen molar-refractivity contribution >= 4 is 22.7 Å². The van der Waals surface area contributed by atoms with Crippen LogP contribution in [-0.4, -0.2) is 57.6 Å². The number of pyridine rings is 2. The van der Waals surface area contributed by atoms with Gasteiger partial charge in [-0.05, 0) is 55.6 Å². The summed E-state index contributed by atoms with van der Waals surface area (Å²) >= 11 is 1.80. The van der Waals surface area contributed by atoms with Crippen LogP contribution < -0.4 is 15.6 Å². The average molecular weight is 483 g/mol. The van der Waals surface area contributed by atoms with E-state index in [1.807, 2.05) is 6.20 Å². The Morgan fingerprint density at radius 1 is 1.26 bits per heavy atom. The second-order valence-electron chi connectivity index (χ2n) is 9.40. The van der Waals surface area contributed by atoms with Crippen LogP contribution in [0.4, 0.5) is 4.39 Å². The van der Waals surface area contributed by atoms with Gasteiger partial charge in [0.25, 0.3) is 5.56 Å². The maximum absolute atomic E-state index is 14.8. The van der Waals surface area contributed by atoms with Gasteiger partial charge in [-0.3, -0.25) is 14.7 Å². The lowest BCUT2D eigenvalue weighted by molar-refractivity contribution is -0.0159. The second kappa shape index (κ2) is 8.64. The molecule has 3 aliphatic rings. The number of aromatic nitrogens is 2. The molecule has 3 aromatic rings. The minimum Gasteiger partial charge on any atom is -0.490 e. The number of ether oxygens (including phenoxy) is 1. The van der Waals surface area contributed by atoms with Crippen LogP contribution >= 0.6 is 11.8 Å². The molecular formula is C25H27FN4O3S. The van der Waals surface area contributed by atoms with Crippen molar-refractivity contribution in [3.05, 3.63) is 64.0 Å². The Kier molecular flexibility index (Phi) is 5.60. The first kappa shape index (κ1) is 22.0. The van der Waals surface area contributed by atoms with E-state index in [0.29, 0.717) is 24.6 Å². The fraction of sp³-hybridized carbons (Fsp3) is 0.440. The van der Waals surface area contributed by atoms with Crippen molar-refractivity contribution in [2.75, 3.05) is 32.0 Å². The van der Waals surface area contributed by atoms with Gasteiger partial charge in [0.15, 0.2) is 5.75 Å². The average Bonchev–Trinajstić information content (AvgIpc) is 3.17. The number of fused-ring (bicyclic) bond motifs is 1. The molecule has 0 radical (unpaired) electrons. The number of nitrogens with zero attached hydrogens (tertiary/aromatic N) is 3. The third-order valence-corrected chi connectivity index (χ3v) is 8.12. The Labute approximate surface area is 200 Å². The van der Waals surface area contributed by atoms with Gasteiger partial charge >= 0.3 is 0 Å². The number of piperidine rings is 1. The van der Waals surface area contributed by atoms with E-state index in [9.17, 15) is 14.3 Å². The van der Waals surface area contributed by atoms with Gasteiger partial charge in [0.05, 0.1) is 35.5 Å². The lowest BCUT2D eigenvalue weighted by atomic mass is 9.92. The Hall–Kier alpha value is -2.46. The van der Waals surface area contributed by atoms with E-state index in [2.05, 4.69) is 21.3 Å². The number of β-amino-alcohol motifs (C(OH)–C–C–N with tert-alkyl or cyclic N) is 1. The van der Waals surface area contributed by atoms with Gasteiger partial charge in [-0.15, -0.1) is 11.8 Å². The molecular weight excluding hydrogens is 455 g/mol. The molecule has 1 fully saturated rings. The number of benzene rings is 1. The quantitative estimate of drug-likeness (QED) is 0.578. The number of nitrogens with one attached hydrogen (secondary N) is 1. The van der Waals surface area contributed by atoms with Crippen LogP contribution in [0, 0.1) is 5.82 Å². The molecule has 2 aromatic heterocycles. The van der Waals surface area contributed by atoms with Crippen LogP contribution in [0.3, 0.4) is 0 Å². The number of rotatable bonds is 5. The molecule has 0 aliphatic carbocycles. The van der Waals surface area contributed by atoms with E-state index in [0.717, 1.165) is 60.0 Å². The first-order chi connectivity index (χ1) is 16.5. The zero-order valence-corrected chi connectivity index (χ0v) is 19.6. The number of hydrogen-bond acceptors (Lipinski definition) is 7. The van der Waals surface area contributed by atoms with E-state index in [-0.39, 0.29) is 17.7 Å². The highest BCUT2D eigenvalue weighted by Gasteiger charge is 2.42. The highest BCUT2D eigenvalue weighted by molar-refractivity contribution is 7.99. The minimum absolute atomic E-state index is 0.0866. The summed E-state index contributed by atoms with van der Waals surface area (Å²) in [4.78, 5) is 20.2. The molecule has 178 valence electrons. The number of hydrogen-bond donors (Lipinski definition) is 2. The van der Waals surface area contributed by atoms with Gasteiger partial charge in [-0.2, -0.15) is 0 Å². The van der Waals surface area contributed by atoms with Crippen molar-refractivity contribution in [1.82, 2.24) is 19.8 Å². The molecule has 0 saturated carbocycles. The highest BCUT2D eigenvalue weighted by Crippen LogP contribution is 2.38. The van der Waals surface area contributed by atoms with Crippen molar-refractivity contribution in [2.24, 2.45) is 0 Å². The Bertz CT molecular complexity index is 1310. The molecule has 9 heteroatoms. The van der Waals surface area contributed by atoms with E-state index >= 15 is 0 Å². The van der Waals surface area contributed by atoms with Gasteiger partial charge < -0.3 is 19.7 Å². The van der Waals surface area contributed by atoms with Crippen LogP contribution in [0.1, 0.15) is 24.1 Å². The van der Waals surface area contributed by atoms with Crippen molar-refractivity contribution in [2.45, 2.75) is 42.5 Å².